The third-order valence-electron chi connectivity index (χ3n) is 6.33. The van der Waals surface area contributed by atoms with E-state index in [1.165, 1.54) is 15.9 Å². The topological polar surface area (TPSA) is 163 Å². The molecule has 1 unspecified atom stereocenters. The number of rotatable bonds is 15. The number of carbonyl (C=O) groups excluding carboxylic acids is 5. The molecule has 3 aromatic carbocycles. The predicted molar refractivity (Wildman–Crippen MR) is 160 cm³/mol. The van der Waals surface area contributed by atoms with Gasteiger partial charge in [0, 0.05) is 24.8 Å². The lowest BCUT2D eigenvalue weighted by atomic mass is 10.0. The summed E-state index contributed by atoms with van der Waals surface area (Å²) in [5, 5.41) is 7.78. The van der Waals surface area contributed by atoms with Crippen LogP contribution in [-0.4, -0.2) is 70.3 Å². The maximum atomic E-state index is 13.7. The second kappa shape index (κ2) is 15.4. The number of carbonyl (C=O) groups is 5. The maximum absolute atomic E-state index is 13.7. The fourth-order valence-corrected chi connectivity index (χ4v) is 4.25. The van der Waals surface area contributed by atoms with Gasteiger partial charge in [0.2, 0.25) is 24.1 Å². The van der Waals surface area contributed by atoms with Crippen molar-refractivity contribution in [1.29, 1.82) is 0 Å². The minimum Gasteiger partial charge on any atom is -0.497 e. The van der Waals surface area contributed by atoms with Gasteiger partial charge in [0.05, 0.1) is 38.1 Å². The number of methoxy groups -OCH3 is 1. The first-order chi connectivity index (χ1) is 20.2. The highest BCUT2D eigenvalue weighted by Gasteiger charge is 2.27. The van der Waals surface area contributed by atoms with Gasteiger partial charge in [-0.25, -0.2) is 0 Å². The molecule has 3 rings (SSSR count). The minimum atomic E-state index is -0.947. The Hall–Kier alpha value is -5.39. The van der Waals surface area contributed by atoms with E-state index in [9.17, 15) is 24.0 Å². The molecule has 0 bridgehead atoms. The lowest BCUT2D eigenvalue weighted by Gasteiger charge is -2.28. The summed E-state index contributed by atoms with van der Waals surface area (Å²) in [4.78, 5) is 64.5. The average molecular weight is 575 g/mol. The molecule has 0 saturated heterocycles. The zero-order valence-corrected chi connectivity index (χ0v) is 23.4. The van der Waals surface area contributed by atoms with Crippen LogP contribution in [-0.2, 0) is 30.4 Å². The summed E-state index contributed by atoms with van der Waals surface area (Å²) in [7, 11) is 3.16. The molecular weight excluding hydrogens is 540 g/mol. The number of nitrogens with two attached hydrogens (primary N) is 1. The number of nitrogen functional groups attached to an aromatic ring is 1. The van der Waals surface area contributed by atoms with Crippen LogP contribution in [0.5, 0.6) is 5.75 Å². The Morgan fingerprint density at radius 1 is 0.952 bits per heavy atom. The van der Waals surface area contributed by atoms with E-state index in [1.807, 2.05) is 30.3 Å². The number of nitrogens with zero attached hydrogens (tertiary/aromatic N) is 2. The molecule has 12 nitrogen and oxygen atoms in total. The average Bonchev–Trinajstić information content (AvgIpc) is 2.99. The van der Waals surface area contributed by atoms with E-state index in [1.54, 1.807) is 50.6 Å². The fraction of sp³-hybridized carbons (Fsp3) is 0.233. The molecule has 0 saturated carbocycles. The van der Waals surface area contributed by atoms with Gasteiger partial charge in [0.25, 0.3) is 0 Å². The fourth-order valence-electron chi connectivity index (χ4n) is 4.25. The Balaban J connectivity index is 1.88. The molecule has 220 valence electrons. The number of nitrogens with one attached hydrogen (secondary N) is 3. The molecule has 1 atom stereocenters. The van der Waals surface area contributed by atoms with Crippen LogP contribution in [0.15, 0.2) is 72.8 Å². The van der Waals surface area contributed by atoms with Crippen LogP contribution in [0.2, 0.25) is 0 Å². The van der Waals surface area contributed by atoms with E-state index in [0.717, 1.165) is 5.56 Å². The van der Waals surface area contributed by atoms with Crippen LogP contribution in [0.3, 0.4) is 0 Å². The van der Waals surface area contributed by atoms with Gasteiger partial charge in [-0.3, -0.25) is 19.2 Å². The number of anilines is 4. The molecule has 5 N–H and O–H groups in total. The molecule has 3 aromatic rings. The molecule has 0 heterocycles. The normalized spacial score (nSPS) is 11.0. The Labute approximate surface area is 243 Å². The van der Waals surface area contributed by atoms with Crippen LogP contribution >= 0.6 is 0 Å². The van der Waals surface area contributed by atoms with Crippen LogP contribution in [0, 0.1) is 0 Å². The number of aldehydes is 1. The summed E-state index contributed by atoms with van der Waals surface area (Å²) in [6.45, 7) is -0.871. The Morgan fingerprint density at radius 2 is 1.64 bits per heavy atom. The molecule has 12 heteroatoms. The largest absolute Gasteiger partial charge is 0.497 e. The van der Waals surface area contributed by atoms with Crippen molar-refractivity contribution in [3.8, 4) is 5.75 Å². The van der Waals surface area contributed by atoms with E-state index < -0.39 is 17.9 Å². The van der Waals surface area contributed by atoms with Crippen LogP contribution < -0.4 is 36.2 Å². The highest BCUT2D eigenvalue weighted by atomic mass is 16.5. The predicted octanol–water partition coefficient (Wildman–Crippen LogP) is 1.36. The van der Waals surface area contributed by atoms with Crippen molar-refractivity contribution >= 4 is 53.2 Å². The summed E-state index contributed by atoms with van der Waals surface area (Å²) in [5.41, 5.74) is 8.28. The molecular formula is C30H34N6O6. The summed E-state index contributed by atoms with van der Waals surface area (Å²) in [6.07, 6.45) is 1.20. The van der Waals surface area contributed by atoms with Crippen molar-refractivity contribution in [1.82, 2.24) is 10.6 Å². The van der Waals surface area contributed by atoms with Gasteiger partial charge in [-0.1, -0.05) is 30.3 Å². The number of likely N-dealkylation sites (N-methyl/N-ethyl adjacent to an activating group) is 1. The molecule has 0 spiro atoms. The molecule has 4 amide bonds. The zero-order valence-electron chi connectivity index (χ0n) is 23.4. The number of amides is 4. The van der Waals surface area contributed by atoms with Gasteiger partial charge < -0.3 is 41.0 Å². The van der Waals surface area contributed by atoms with Crippen molar-refractivity contribution in [3.63, 3.8) is 0 Å². The van der Waals surface area contributed by atoms with Gasteiger partial charge >= 0.3 is 0 Å². The second-order valence-electron chi connectivity index (χ2n) is 9.27. The Morgan fingerprint density at radius 3 is 2.29 bits per heavy atom. The van der Waals surface area contributed by atoms with E-state index in [0.29, 0.717) is 35.5 Å². The van der Waals surface area contributed by atoms with Gasteiger partial charge in [-0.15, -0.1) is 0 Å². The summed E-state index contributed by atoms with van der Waals surface area (Å²) < 4.78 is 5.20. The molecule has 0 aliphatic carbocycles. The molecule has 0 fully saturated rings. The van der Waals surface area contributed by atoms with E-state index in [4.69, 9.17) is 10.5 Å². The van der Waals surface area contributed by atoms with Gasteiger partial charge in [-0.05, 0) is 48.0 Å². The van der Waals surface area contributed by atoms with Crippen LogP contribution in [0.1, 0.15) is 5.56 Å². The first kappa shape index (κ1) is 31.1. The summed E-state index contributed by atoms with van der Waals surface area (Å²) in [6, 6.07) is 19.8. The first-order valence-electron chi connectivity index (χ1n) is 13.1. The maximum Gasteiger partial charge on any atom is 0.249 e. The lowest BCUT2D eigenvalue weighted by molar-refractivity contribution is -0.126. The van der Waals surface area contributed by atoms with Crippen molar-refractivity contribution in [3.05, 3.63) is 78.4 Å². The smallest absolute Gasteiger partial charge is 0.249 e. The monoisotopic (exact) mass is 574 g/mol. The van der Waals surface area contributed by atoms with Crippen molar-refractivity contribution in [2.75, 3.05) is 54.6 Å². The van der Waals surface area contributed by atoms with Gasteiger partial charge in [-0.2, -0.15) is 0 Å². The molecule has 0 radical (unpaired) electrons. The lowest BCUT2D eigenvalue weighted by Crippen LogP contribution is -2.52. The number of hydrogen-bond acceptors (Lipinski definition) is 8. The summed E-state index contributed by atoms with van der Waals surface area (Å²) >= 11 is 0. The SMILES string of the molecule is COc1ccc(N(C)C(=O)C(Cc2ccccc2)NC(=O)CN(CC(=O)NCC=O)c2ccc(N)cc2NC=O)cc1. The van der Waals surface area contributed by atoms with Gasteiger partial charge in [0.15, 0.2) is 0 Å². The number of ether oxygens (including phenoxy) is 1. The first-order valence-corrected chi connectivity index (χ1v) is 13.1. The highest BCUT2D eigenvalue weighted by Crippen LogP contribution is 2.28. The number of hydrogen-bond donors (Lipinski definition) is 4. The van der Waals surface area contributed by atoms with Crippen molar-refractivity contribution in [2.45, 2.75) is 12.5 Å². The van der Waals surface area contributed by atoms with E-state index in [-0.39, 0.29) is 37.6 Å². The third-order valence-corrected chi connectivity index (χ3v) is 6.33. The summed E-state index contributed by atoms with van der Waals surface area (Å²) in [5.74, 6) is -0.801. The quantitative estimate of drug-likeness (QED) is 0.156. The van der Waals surface area contributed by atoms with Crippen molar-refractivity contribution < 1.29 is 28.7 Å². The van der Waals surface area contributed by atoms with Crippen LogP contribution in [0.25, 0.3) is 0 Å². The highest BCUT2D eigenvalue weighted by molar-refractivity contribution is 6.00. The second-order valence-corrected chi connectivity index (χ2v) is 9.27. The zero-order chi connectivity index (χ0) is 30.5. The molecule has 0 aliphatic rings. The van der Waals surface area contributed by atoms with Gasteiger partial charge in [0.1, 0.15) is 18.1 Å². The molecule has 0 aromatic heterocycles. The van der Waals surface area contributed by atoms with E-state index in [2.05, 4.69) is 16.0 Å². The standard InChI is InChI=1S/C30H34N6O6/c1-35(23-9-11-24(42-2)12-10-23)30(41)26(16-21-6-4-3-5-7-21)34-29(40)19-36(18-28(39)32-14-15-37)27-13-8-22(31)17-25(27)33-20-38/h3-13,15,17,20,26H,14,16,18-19,31H2,1-2H3,(H,32,39)(H,33,38)(H,34,40). The Bertz CT molecular complexity index is 1380. The van der Waals surface area contributed by atoms with E-state index >= 15 is 0 Å². The van der Waals surface area contributed by atoms with Crippen molar-refractivity contribution in [2.24, 2.45) is 0 Å². The molecule has 0 aliphatic heterocycles. The third kappa shape index (κ3) is 8.81. The minimum absolute atomic E-state index is 0.203. The Kier molecular flexibility index (Phi) is 11.4. The van der Waals surface area contributed by atoms with Crippen LogP contribution in [0.4, 0.5) is 22.7 Å². The number of benzene rings is 3. The molecule has 42 heavy (non-hydrogen) atoms.